The molecule has 0 spiro atoms. The van der Waals surface area contributed by atoms with E-state index in [9.17, 15) is 0 Å². The summed E-state index contributed by atoms with van der Waals surface area (Å²) in [5.41, 5.74) is 6.89. The Balaban J connectivity index is 1.59. The third-order valence-corrected chi connectivity index (χ3v) is 6.61. The second-order valence-corrected chi connectivity index (χ2v) is 8.35. The van der Waals surface area contributed by atoms with E-state index in [1.807, 2.05) is 0 Å². The van der Waals surface area contributed by atoms with Crippen molar-refractivity contribution < 1.29 is 0 Å². The Kier molecular flexibility index (Phi) is 3.68. The van der Waals surface area contributed by atoms with Gasteiger partial charge in [-0.3, -0.25) is 0 Å². The number of nitrogens with two attached hydrogens (primary N) is 1. The van der Waals surface area contributed by atoms with E-state index in [2.05, 4.69) is 25.8 Å². The molecule has 0 radical (unpaired) electrons. The molecule has 5 unspecified atom stereocenters. The summed E-state index contributed by atoms with van der Waals surface area (Å²) < 4.78 is 0. The van der Waals surface area contributed by atoms with Crippen LogP contribution in [0.1, 0.15) is 58.8 Å². The van der Waals surface area contributed by atoms with E-state index < -0.39 is 0 Å². The molecule has 0 aromatic heterocycles. The molecule has 0 aliphatic heterocycles. The van der Waals surface area contributed by atoms with Gasteiger partial charge in [0.05, 0.1) is 0 Å². The highest BCUT2D eigenvalue weighted by Gasteiger charge is 2.42. The van der Waals surface area contributed by atoms with Crippen LogP contribution in [0.2, 0.25) is 0 Å². The highest BCUT2D eigenvalue weighted by Crippen LogP contribution is 2.48. The van der Waals surface area contributed by atoms with Gasteiger partial charge in [0.25, 0.3) is 0 Å². The fraction of sp³-hybridized carbons (Fsp3) is 1.00. The van der Waals surface area contributed by atoms with E-state index in [1.165, 1.54) is 51.5 Å². The molecule has 0 saturated heterocycles. The van der Waals surface area contributed by atoms with E-state index >= 15 is 0 Å². The lowest BCUT2D eigenvalue weighted by Crippen LogP contribution is -2.56. The van der Waals surface area contributed by atoms with E-state index in [-0.39, 0.29) is 0 Å². The van der Waals surface area contributed by atoms with Crippen LogP contribution in [0, 0.1) is 23.2 Å². The molecule has 0 heterocycles. The molecule has 19 heavy (non-hydrogen) atoms. The number of fused-ring (bicyclic) bond motifs is 2. The van der Waals surface area contributed by atoms with Gasteiger partial charge in [0.1, 0.15) is 0 Å². The molecule has 2 bridgehead atoms. The van der Waals surface area contributed by atoms with Crippen LogP contribution >= 0.6 is 0 Å². The molecule has 3 rings (SSSR count). The van der Waals surface area contributed by atoms with Gasteiger partial charge in [-0.2, -0.15) is 0 Å². The summed E-state index contributed by atoms with van der Waals surface area (Å²) in [6.45, 7) is 6.01. The van der Waals surface area contributed by atoms with Crippen molar-refractivity contribution in [1.82, 2.24) is 4.90 Å². The van der Waals surface area contributed by atoms with Crippen molar-refractivity contribution in [3.63, 3.8) is 0 Å². The van der Waals surface area contributed by atoms with E-state index in [0.29, 0.717) is 17.5 Å². The van der Waals surface area contributed by atoms with Crippen LogP contribution in [0.25, 0.3) is 0 Å². The van der Waals surface area contributed by atoms with Crippen LogP contribution in [0.3, 0.4) is 0 Å². The molecule has 0 amide bonds. The van der Waals surface area contributed by atoms with Gasteiger partial charge in [0, 0.05) is 18.6 Å². The first-order valence-corrected chi connectivity index (χ1v) is 8.43. The van der Waals surface area contributed by atoms with Gasteiger partial charge in [-0.05, 0) is 62.3 Å². The van der Waals surface area contributed by atoms with E-state index in [1.54, 1.807) is 0 Å². The Labute approximate surface area is 119 Å². The van der Waals surface area contributed by atoms with Crippen molar-refractivity contribution in [1.29, 1.82) is 0 Å². The quantitative estimate of drug-likeness (QED) is 0.848. The van der Waals surface area contributed by atoms with Gasteiger partial charge in [-0.15, -0.1) is 0 Å². The lowest BCUT2D eigenvalue weighted by molar-refractivity contribution is 0.0678. The molecule has 3 aliphatic rings. The van der Waals surface area contributed by atoms with Gasteiger partial charge >= 0.3 is 0 Å². The van der Waals surface area contributed by atoms with Gasteiger partial charge < -0.3 is 10.6 Å². The standard InChI is InChI=1S/C17H32N2/c1-17(2)8-4-5-15(16(17)18)19(3)11-14-10-12-6-7-13(14)9-12/h12-16H,4-11,18H2,1-3H3. The topological polar surface area (TPSA) is 29.3 Å². The molecule has 2 N–H and O–H groups in total. The van der Waals surface area contributed by atoms with Crippen molar-refractivity contribution in [2.75, 3.05) is 13.6 Å². The predicted molar refractivity (Wildman–Crippen MR) is 81.0 cm³/mol. The van der Waals surface area contributed by atoms with Crippen LogP contribution in [0.5, 0.6) is 0 Å². The number of nitrogens with zero attached hydrogens (tertiary/aromatic N) is 1. The SMILES string of the molecule is CN(CC1CC2CCC1C2)C1CCCC(C)(C)C1N. The van der Waals surface area contributed by atoms with Crippen LogP contribution in [0.4, 0.5) is 0 Å². The van der Waals surface area contributed by atoms with Gasteiger partial charge in [0.15, 0.2) is 0 Å². The number of hydrogen-bond donors (Lipinski definition) is 1. The van der Waals surface area contributed by atoms with Crippen molar-refractivity contribution in [2.24, 2.45) is 28.9 Å². The molecule has 0 aromatic rings. The lowest BCUT2D eigenvalue weighted by atomic mass is 9.70. The van der Waals surface area contributed by atoms with Crippen LogP contribution in [0.15, 0.2) is 0 Å². The highest BCUT2D eigenvalue weighted by atomic mass is 15.2. The summed E-state index contributed by atoms with van der Waals surface area (Å²) in [6.07, 6.45) is 10.0. The Bertz CT molecular complexity index is 325. The monoisotopic (exact) mass is 264 g/mol. The number of hydrogen-bond acceptors (Lipinski definition) is 2. The molecule has 110 valence electrons. The molecular weight excluding hydrogens is 232 g/mol. The average Bonchev–Trinajstić information content (AvgIpc) is 2.94. The lowest BCUT2D eigenvalue weighted by Gasteiger charge is -2.46. The second kappa shape index (κ2) is 5.04. The number of rotatable bonds is 3. The second-order valence-electron chi connectivity index (χ2n) is 8.35. The summed E-state index contributed by atoms with van der Waals surface area (Å²) in [5, 5.41) is 0. The molecule has 2 heteroatoms. The molecule has 5 atom stereocenters. The normalized spacial score (nSPS) is 45.0. The van der Waals surface area contributed by atoms with Crippen LogP contribution in [-0.2, 0) is 0 Å². The Hall–Kier alpha value is -0.0800. The Morgan fingerprint density at radius 1 is 1.16 bits per heavy atom. The predicted octanol–water partition coefficient (Wildman–Crippen LogP) is 3.26. The fourth-order valence-electron chi connectivity index (χ4n) is 5.23. The maximum absolute atomic E-state index is 6.57. The van der Waals surface area contributed by atoms with Gasteiger partial charge in [0.2, 0.25) is 0 Å². The maximum atomic E-state index is 6.57. The van der Waals surface area contributed by atoms with Crippen molar-refractivity contribution in [3.05, 3.63) is 0 Å². The zero-order valence-corrected chi connectivity index (χ0v) is 13.1. The minimum atomic E-state index is 0.325. The average molecular weight is 264 g/mol. The van der Waals surface area contributed by atoms with Crippen molar-refractivity contribution in [3.8, 4) is 0 Å². The van der Waals surface area contributed by atoms with Crippen LogP contribution in [-0.4, -0.2) is 30.6 Å². The first-order valence-electron chi connectivity index (χ1n) is 8.43. The third kappa shape index (κ3) is 2.58. The smallest absolute Gasteiger partial charge is 0.0249 e. The minimum Gasteiger partial charge on any atom is -0.326 e. The van der Waals surface area contributed by atoms with Crippen LogP contribution < -0.4 is 5.73 Å². The van der Waals surface area contributed by atoms with E-state index in [4.69, 9.17) is 5.73 Å². The largest absolute Gasteiger partial charge is 0.326 e. The summed E-state index contributed by atoms with van der Waals surface area (Å²) in [6, 6.07) is 0.965. The first kappa shape index (κ1) is 13.9. The van der Waals surface area contributed by atoms with Gasteiger partial charge in [-0.1, -0.05) is 26.7 Å². The summed E-state index contributed by atoms with van der Waals surface area (Å²) in [5.74, 6) is 3.08. The zero-order valence-electron chi connectivity index (χ0n) is 13.1. The minimum absolute atomic E-state index is 0.325. The Morgan fingerprint density at radius 2 is 1.95 bits per heavy atom. The highest BCUT2D eigenvalue weighted by molar-refractivity contribution is 4.97. The zero-order chi connectivity index (χ0) is 13.6. The third-order valence-electron chi connectivity index (χ3n) is 6.61. The molecular formula is C17H32N2. The summed E-state index contributed by atoms with van der Waals surface area (Å²) in [4.78, 5) is 2.62. The molecule has 2 nitrogen and oxygen atoms in total. The van der Waals surface area contributed by atoms with E-state index in [0.717, 1.165) is 17.8 Å². The fourth-order valence-corrected chi connectivity index (χ4v) is 5.23. The maximum Gasteiger partial charge on any atom is 0.0249 e. The number of likely N-dealkylation sites (N-methyl/N-ethyl adjacent to an activating group) is 1. The molecule has 0 aromatic carbocycles. The molecule has 3 aliphatic carbocycles. The molecule has 3 fully saturated rings. The van der Waals surface area contributed by atoms with Gasteiger partial charge in [-0.25, -0.2) is 0 Å². The summed E-state index contributed by atoms with van der Waals surface area (Å²) >= 11 is 0. The van der Waals surface area contributed by atoms with Crippen molar-refractivity contribution >= 4 is 0 Å². The summed E-state index contributed by atoms with van der Waals surface area (Å²) in [7, 11) is 2.33. The van der Waals surface area contributed by atoms with Crippen molar-refractivity contribution in [2.45, 2.75) is 70.9 Å². The molecule has 3 saturated carbocycles. The Morgan fingerprint density at radius 3 is 2.58 bits per heavy atom. The first-order chi connectivity index (χ1) is 8.97.